The second kappa shape index (κ2) is 11.3. The molecule has 74 valence electrons. The maximum Gasteiger partial charge on any atom is 1.00 e. The molecule has 1 aliphatic heterocycles. The molecule has 0 aromatic rings. The molecular formula is C7H10K2N2S4. The van der Waals surface area contributed by atoms with Crippen LogP contribution >= 0.6 is 24.4 Å². The predicted molar refractivity (Wildman–Crippen MR) is 67.7 cm³/mol. The van der Waals surface area contributed by atoms with E-state index in [0.29, 0.717) is 8.64 Å². The fourth-order valence-corrected chi connectivity index (χ4v) is 2.01. The zero-order valence-electron chi connectivity index (χ0n) is 9.06. The van der Waals surface area contributed by atoms with Gasteiger partial charge in [0.1, 0.15) is 0 Å². The Labute approximate surface area is 198 Å². The van der Waals surface area contributed by atoms with Gasteiger partial charge >= 0.3 is 103 Å². The molecule has 0 amide bonds. The van der Waals surface area contributed by atoms with Gasteiger partial charge in [-0.3, -0.25) is 0 Å². The molecule has 1 heterocycles. The molecule has 0 N–H and O–H groups in total. The molecule has 8 heteroatoms. The second-order valence-electron chi connectivity index (χ2n) is 2.86. The quantitative estimate of drug-likeness (QED) is 0.247. The Morgan fingerprint density at radius 3 is 1.40 bits per heavy atom. The van der Waals surface area contributed by atoms with Crippen LogP contribution in [0.3, 0.4) is 0 Å². The van der Waals surface area contributed by atoms with E-state index in [1.165, 1.54) is 0 Å². The number of thiocarbonyl (C=S) groups is 2. The van der Waals surface area contributed by atoms with Crippen LogP contribution in [0.2, 0.25) is 0 Å². The summed E-state index contributed by atoms with van der Waals surface area (Å²) in [5.74, 6) is 0. The van der Waals surface area contributed by atoms with Gasteiger partial charge in [0.15, 0.2) is 0 Å². The maximum atomic E-state index is 4.94. The van der Waals surface area contributed by atoms with E-state index in [9.17, 15) is 0 Å². The third kappa shape index (κ3) is 8.30. The number of nitrogens with zero attached hydrogens (tertiary/aromatic N) is 2. The summed E-state index contributed by atoms with van der Waals surface area (Å²) >= 11 is 19.8. The van der Waals surface area contributed by atoms with Crippen LogP contribution in [0.15, 0.2) is 0 Å². The van der Waals surface area contributed by atoms with Crippen LogP contribution < -0.4 is 103 Å². The van der Waals surface area contributed by atoms with E-state index in [0.717, 1.165) is 32.6 Å². The van der Waals surface area contributed by atoms with E-state index >= 15 is 0 Å². The van der Waals surface area contributed by atoms with Crippen molar-refractivity contribution in [1.29, 1.82) is 0 Å². The van der Waals surface area contributed by atoms with Gasteiger partial charge in [0.05, 0.1) is 0 Å². The average Bonchev–Trinajstić information content (AvgIpc) is 2.27. The molecule has 1 saturated heterocycles. The first-order valence-electron chi connectivity index (χ1n) is 4.03. The zero-order chi connectivity index (χ0) is 9.84. The van der Waals surface area contributed by atoms with Crippen molar-refractivity contribution in [2.75, 3.05) is 26.2 Å². The van der Waals surface area contributed by atoms with Crippen molar-refractivity contribution in [2.45, 2.75) is 6.42 Å². The Morgan fingerprint density at radius 2 is 1.13 bits per heavy atom. The average molecular weight is 329 g/mol. The van der Waals surface area contributed by atoms with E-state index in [1.807, 2.05) is 9.80 Å². The van der Waals surface area contributed by atoms with Crippen LogP contribution in [-0.4, -0.2) is 44.6 Å². The van der Waals surface area contributed by atoms with Crippen molar-refractivity contribution in [2.24, 2.45) is 0 Å². The van der Waals surface area contributed by atoms with Gasteiger partial charge in [-0.25, -0.2) is 0 Å². The molecule has 0 aromatic heterocycles. The Morgan fingerprint density at radius 1 is 0.800 bits per heavy atom. The Kier molecular flexibility index (Phi) is 15.7. The third-order valence-corrected chi connectivity index (χ3v) is 3.05. The third-order valence-electron chi connectivity index (χ3n) is 2.01. The smallest absolute Gasteiger partial charge is 0.411 e. The van der Waals surface area contributed by atoms with Crippen molar-refractivity contribution in [1.82, 2.24) is 9.80 Å². The summed E-state index contributed by atoms with van der Waals surface area (Å²) < 4.78 is 1.11. The topological polar surface area (TPSA) is 6.48 Å². The fourth-order valence-electron chi connectivity index (χ4n) is 1.28. The molecular weight excluding hydrogens is 319 g/mol. The summed E-state index contributed by atoms with van der Waals surface area (Å²) in [4.78, 5) is 4.05. The van der Waals surface area contributed by atoms with E-state index in [-0.39, 0.29) is 103 Å². The van der Waals surface area contributed by atoms with Crippen LogP contribution in [0, 0.1) is 0 Å². The fraction of sp³-hybridized carbons (Fsp3) is 0.714. The van der Waals surface area contributed by atoms with Crippen LogP contribution in [0.25, 0.3) is 0 Å². The SMILES string of the molecule is S=C([S-])N1CCCN(C(=S)[S-])CC1.[K+].[K+]. The molecule has 1 rings (SSSR count). The summed E-state index contributed by atoms with van der Waals surface area (Å²) in [6.45, 7) is 3.55. The molecule has 1 fully saturated rings. The minimum atomic E-state index is 0. The number of hydrogen-bond donors (Lipinski definition) is 0. The minimum Gasteiger partial charge on any atom is -0.411 e. The van der Waals surface area contributed by atoms with Crippen molar-refractivity contribution >= 4 is 58.3 Å². The zero-order valence-corrected chi connectivity index (χ0v) is 18.6. The first-order valence-corrected chi connectivity index (χ1v) is 5.66. The van der Waals surface area contributed by atoms with Gasteiger partial charge in [0, 0.05) is 26.2 Å². The van der Waals surface area contributed by atoms with Crippen molar-refractivity contribution in [3.05, 3.63) is 0 Å². The van der Waals surface area contributed by atoms with E-state index in [2.05, 4.69) is 0 Å². The van der Waals surface area contributed by atoms with Gasteiger partial charge in [0.2, 0.25) is 0 Å². The molecule has 0 radical (unpaired) electrons. The van der Waals surface area contributed by atoms with Gasteiger partial charge in [-0.2, -0.15) is 0 Å². The largest absolute Gasteiger partial charge is 1.00 e. The molecule has 15 heavy (non-hydrogen) atoms. The molecule has 0 aliphatic carbocycles. The molecule has 0 atom stereocenters. The molecule has 0 bridgehead atoms. The molecule has 0 spiro atoms. The molecule has 1 aliphatic rings. The summed E-state index contributed by atoms with van der Waals surface area (Å²) in [5.41, 5.74) is 0. The van der Waals surface area contributed by atoms with E-state index in [4.69, 9.17) is 49.7 Å². The summed E-state index contributed by atoms with van der Waals surface area (Å²) in [6, 6.07) is 0. The molecule has 0 unspecified atom stereocenters. The Hall–Kier alpha value is 3.49. The van der Waals surface area contributed by atoms with Crippen LogP contribution in [0.1, 0.15) is 6.42 Å². The molecule has 0 saturated carbocycles. The predicted octanol–water partition coefficient (Wildman–Crippen LogP) is -5.33. The Bertz CT molecular complexity index is 205. The second-order valence-corrected chi connectivity index (χ2v) is 4.92. The molecule has 2 nitrogen and oxygen atoms in total. The first-order chi connectivity index (χ1) is 6.11. The van der Waals surface area contributed by atoms with Crippen molar-refractivity contribution in [3.63, 3.8) is 0 Å². The van der Waals surface area contributed by atoms with Crippen LogP contribution in [0.4, 0.5) is 0 Å². The normalized spacial score (nSPS) is 15.7. The first kappa shape index (κ1) is 20.8. The standard InChI is InChI=1S/C7H12N2S4.2K/c10-6(11)8-2-1-3-9(5-4-8)7(12)13;;/h1-5H2,(H,10,11)(H,12,13);;/q;2*+1/p-2. The van der Waals surface area contributed by atoms with Crippen LogP contribution in [-0.2, 0) is 25.3 Å². The van der Waals surface area contributed by atoms with E-state index in [1.54, 1.807) is 0 Å². The van der Waals surface area contributed by atoms with Crippen molar-refractivity contribution < 1.29 is 103 Å². The van der Waals surface area contributed by atoms with Crippen LogP contribution in [0.5, 0.6) is 0 Å². The van der Waals surface area contributed by atoms with Gasteiger partial charge in [-0.1, -0.05) is 8.64 Å². The molecule has 0 aromatic carbocycles. The van der Waals surface area contributed by atoms with Gasteiger partial charge in [-0.15, -0.1) is 0 Å². The van der Waals surface area contributed by atoms with Gasteiger partial charge < -0.3 is 59.5 Å². The van der Waals surface area contributed by atoms with Crippen molar-refractivity contribution in [3.8, 4) is 0 Å². The Balaban J connectivity index is 0. The van der Waals surface area contributed by atoms with E-state index < -0.39 is 0 Å². The summed E-state index contributed by atoms with van der Waals surface area (Å²) in [6.07, 6.45) is 1.02. The number of rotatable bonds is 0. The van der Waals surface area contributed by atoms with Gasteiger partial charge in [-0.05, 0) is 6.42 Å². The minimum absolute atomic E-state index is 0. The summed E-state index contributed by atoms with van der Waals surface area (Å²) in [5, 5.41) is 0. The monoisotopic (exact) mass is 328 g/mol. The number of hydrogen-bond acceptors (Lipinski definition) is 4. The van der Waals surface area contributed by atoms with Gasteiger partial charge in [0.25, 0.3) is 0 Å². The maximum absolute atomic E-state index is 4.94. The summed E-state index contributed by atoms with van der Waals surface area (Å²) in [7, 11) is 0.